The average Bonchev–Trinajstić information content (AvgIpc) is 3.69. The number of hydrogen-bond acceptors (Lipinski definition) is 12. The lowest BCUT2D eigenvalue weighted by molar-refractivity contribution is -0.141. The lowest BCUT2D eigenvalue weighted by atomic mass is 10.1. The van der Waals surface area contributed by atoms with Crippen molar-refractivity contribution in [3.8, 4) is 23.0 Å². The molecule has 2 heterocycles. The van der Waals surface area contributed by atoms with Gasteiger partial charge in [0.1, 0.15) is 12.1 Å². The van der Waals surface area contributed by atoms with Gasteiger partial charge in [-0.05, 0) is 24.3 Å². The summed E-state index contributed by atoms with van der Waals surface area (Å²) in [6, 6.07) is 4.29. The molecule has 2 fully saturated rings. The van der Waals surface area contributed by atoms with E-state index in [2.05, 4.69) is 0 Å². The van der Waals surface area contributed by atoms with Gasteiger partial charge >= 0.3 is 11.9 Å². The fraction of sp³-hybridized carbons (Fsp3) is 0.385. The summed E-state index contributed by atoms with van der Waals surface area (Å²) in [6.45, 7) is 0. The first kappa shape index (κ1) is 31.8. The summed E-state index contributed by atoms with van der Waals surface area (Å²) in [5.74, 6) is -0.890. The molecule has 2 N–H and O–H groups in total. The van der Waals surface area contributed by atoms with Gasteiger partial charge in [-0.1, -0.05) is 21.6 Å². The van der Waals surface area contributed by atoms with E-state index < -0.39 is 35.8 Å². The predicted octanol–water partition coefficient (Wildman–Crippen LogP) is 3.72. The van der Waals surface area contributed by atoms with E-state index >= 15 is 0 Å². The summed E-state index contributed by atoms with van der Waals surface area (Å²) < 4.78 is 21.7. The maximum Gasteiger partial charge on any atom is 0.327 e. The average molecular weight is 657 g/mol. The quantitative estimate of drug-likeness (QED) is 0.338. The molecule has 0 unspecified atom stereocenters. The third-order valence-corrected chi connectivity index (χ3v) is 11.0. The number of carbonyl (C=O) groups is 4. The zero-order valence-corrected chi connectivity index (χ0v) is 26.2. The monoisotopic (exact) mass is 656 g/mol. The highest BCUT2D eigenvalue weighted by Crippen LogP contribution is 2.47. The third kappa shape index (κ3) is 6.45. The normalized spacial score (nSPS) is 18.1. The van der Waals surface area contributed by atoms with Gasteiger partial charge in [0.15, 0.2) is 23.0 Å². The van der Waals surface area contributed by atoms with E-state index in [1.165, 1.54) is 73.9 Å². The van der Waals surface area contributed by atoms with Gasteiger partial charge in [0.05, 0.1) is 51.3 Å². The Morgan fingerprint density at radius 3 is 1.31 bits per heavy atom. The van der Waals surface area contributed by atoms with Crippen molar-refractivity contribution < 1.29 is 48.3 Å². The van der Waals surface area contributed by atoms with Gasteiger partial charge in [-0.2, -0.15) is 0 Å². The Bertz CT molecular complexity index is 1290. The third-order valence-electron chi connectivity index (χ3n) is 6.51. The van der Waals surface area contributed by atoms with E-state index in [0.717, 1.165) is 21.6 Å². The fourth-order valence-corrected chi connectivity index (χ4v) is 8.90. The topological polar surface area (TPSA) is 152 Å². The standard InChI is InChI=1S/C26H28N2O10S4/c1-35-17-5-13(23(29)27-11-39-9-15(27)25(31)32)21(7-19(17)37-3)41-42-22-8-20(38-4)18(36-2)6-14(22)24(30)28-12-40-10-16(28)26(33)34/h5-8,15-16H,9-12H2,1-4H3,(H,31,32)(H,33,34)/t15-,16+. The van der Waals surface area contributed by atoms with Crippen LogP contribution in [-0.4, -0.2) is 108 Å². The Hall–Kier alpha value is -3.08. The number of thioether (sulfide) groups is 2. The molecule has 2 aromatic rings. The maximum absolute atomic E-state index is 13.7. The Kier molecular flexibility index (Phi) is 10.6. The van der Waals surface area contributed by atoms with Gasteiger partial charge in [-0.15, -0.1) is 23.5 Å². The van der Waals surface area contributed by atoms with E-state index in [1.807, 2.05) is 0 Å². The van der Waals surface area contributed by atoms with Crippen LogP contribution < -0.4 is 18.9 Å². The van der Waals surface area contributed by atoms with Gasteiger partial charge < -0.3 is 39.0 Å². The van der Waals surface area contributed by atoms with Gasteiger partial charge in [-0.25, -0.2) is 9.59 Å². The van der Waals surface area contributed by atoms with Crippen molar-refractivity contribution in [2.45, 2.75) is 21.9 Å². The van der Waals surface area contributed by atoms with Crippen LogP contribution in [0.5, 0.6) is 23.0 Å². The molecule has 2 aliphatic heterocycles. The van der Waals surface area contributed by atoms with Gasteiger partial charge in [0.2, 0.25) is 0 Å². The number of benzene rings is 2. The van der Waals surface area contributed by atoms with Crippen molar-refractivity contribution in [2.75, 3.05) is 51.7 Å². The first-order valence-corrected chi connectivity index (χ1v) is 16.7. The lowest BCUT2D eigenvalue weighted by Crippen LogP contribution is -2.42. The van der Waals surface area contributed by atoms with E-state index in [1.54, 1.807) is 12.1 Å². The zero-order valence-electron chi connectivity index (χ0n) is 23.0. The van der Waals surface area contributed by atoms with Crippen LogP contribution in [0.25, 0.3) is 0 Å². The Balaban J connectivity index is 1.74. The van der Waals surface area contributed by atoms with Crippen molar-refractivity contribution >= 4 is 68.9 Å². The molecule has 0 aromatic heterocycles. The number of carboxylic acids is 2. The first-order valence-electron chi connectivity index (χ1n) is 12.2. The number of rotatable bonds is 11. The summed E-state index contributed by atoms with van der Waals surface area (Å²) in [6.07, 6.45) is 0. The number of aliphatic carboxylic acids is 2. The van der Waals surface area contributed by atoms with Gasteiger partial charge in [0, 0.05) is 21.3 Å². The van der Waals surface area contributed by atoms with Crippen molar-refractivity contribution in [2.24, 2.45) is 0 Å². The second-order valence-electron chi connectivity index (χ2n) is 8.83. The Morgan fingerprint density at radius 1 is 0.667 bits per heavy atom. The highest BCUT2D eigenvalue weighted by molar-refractivity contribution is 8.76. The van der Waals surface area contributed by atoms with E-state index in [-0.39, 0.29) is 34.4 Å². The summed E-state index contributed by atoms with van der Waals surface area (Å²) in [7, 11) is 8.08. The first-order chi connectivity index (χ1) is 20.1. The summed E-state index contributed by atoms with van der Waals surface area (Å²) >= 11 is 2.69. The van der Waals surface area contributed by atoms with Crippen LogP contribution in [-0.2, 0) is 9.59 Å². The van der Waals surface area contributed by atoms with Crippen LogP contribution in [0.2, 0.25) is 0 Å². The van der Waals surface area contributed by atoms with Crippen LogP contribution >= 0.6 is 45.1 Å². The SMILES string of the molecule is COc1cc(SSc2cc(OC)c(OC)cc2C(=O)N2CSC[C@H]2C(=O)O)c(C(=O)N2CSC[C@@H]2C(=O)O)cc1OC. The minimum Gasteiger partial charge on any atom is -0.493 e. The molecule has 0 bridgehead atoms. The maximum atomic E-state index is 13.7. The van der Waals surface area contributed by atoms with Crippen LogP contribution in [0.15, 0.2) is 34.1 Å². The fourth-order valence-electron chi connectivity index (χ4n) is 4.29. The highest BCUT2D eigenvalue weighted by Gasteiger charge is 2.38. The summed E-state index contributed by atoms with van der Waals surface area (Å²) in [4.78, 5) is 54.4. The molecule has 2 atom stereocenters. The number of nitrogens with zero attached hydrogens (tertiary/aromatic N) is 2. The lowest BCUT2D eigenvalue weighted by Gasteiger charge is -2.23. The zero-order chi connectivity index (χ0) is 30.6. The molecular weight excluding hydrogens is 629 g/mol. The van der Waals surface area contributed by atoms with Crippen LogP contribution in [0.4, 0.5) is 0 Å². The van der Waals surface area contributed by atoms with Crippen molar-refractivity contribution in [1.29, 1.82) is 0 Å². The number of methoxy groups -OCH3 is 4. The molecule has 0 saturated carbocycles. The minimum absolute atomic E-state index is 0.203. The van der Waals surface area contributed by atoms with E-state index in [4.69, 9.17) is 18.9 Å². The Labute approximate surface area is 258 Å². The van der Waals surface area contributed by atoms with E-state index in [0.29, 0.717) is 32.8 Å². The molecule has 4 rings (SSSR count). The van der Waals surface area contributed by atoms with Gasteiger partial charge in [-0.3, -0.25) is 9.59 Å². The number of ether oxygens (including phenoxy) is 4. The van der Waals surface area contributed by atoms with Crippen LogP contribution in [0.1, 0.15) is 20.7 Å². The molecule has 2 aromatic carbocycles. The molecule has 0 aliphatic carbocycles. The molecule has 226 valence electrons. The molecular formula is C26H28N2O10S4. The van der Waals surface area contributed by atoms with Crippen LogP contribution in [0.3, 0.4) is 0 Å². The predicted molar refractivity (Wildman–Crippen MR) is 161 cm³/mol. The number of amides is 2. The molecule has 42 heavy (non-hydrogen) atoms. The molecule has 0 radical (unpaired) electrons. The van der Waals surface area contributed by atoms with Crippen molar-refractivity contribution in [3.63, 3.8) is 0 Å². The van der Waals surface area contributed by atoms with E-state index in [9.17, 15) is 29.4 Å². The summed E-state index contributed by atoms with van der Waals surface area (Å²) in [5, 5.41) is 19.3. The molecule has 2 saturated heterocycles. The van der Waals surface area contributed by atoms with Gasteiger partial charge in [0.25, 0.3) is 11.8 Å². The second-order valence-corrected chi connectivity index (χ2v) is 13.0. The Morgan fingerprint density at radius 2 is 1.00 bits per heavy atom. The second kappa shape index (κ2) is 13.9. The number of carbonyl (C=O) groups excluding carboxylic acids is 2. The molecule has 2 amide bonds. The number of carboxylic acid groups (broad SMARTS) is 2. The molecule has 0 spiro atoms. The van der Waals surface area contributed by atoms with Crippen molar-refractivity contribution in [3.05, 3.63) is 35.4 Å². The molecule has 2 aliphatic rings. The highest BCUT2D eigenvalue weighted by atomic mass is 33.1. The largest absolute Gasteiger partial charge is 0.493 e. The molecule has 16 heteroatoms. The van der Waals surface area contributed by atoms with Crippen molar-refractivity contribution in [1.82, 2.24) is 9.80 Å². The molecule has 12 nitrogen and oxygen atoms in total. The summed E-state index contributed by atoms with van der Waals surface area (Å²) in [5.41, 5.74) is 0.406. The minimum atomic E-state index is -1.09. The smallest absolute Gasteiger partial charge is 0.327 e. The number of hydrogen-bond donors (Lipinski definition) is 2. The van der Waals surface area contributed by atoms with Crippen LogP contribution in [0, 0.1) is 0 Å².